The number of rotatable bonds is 6. The van der Waals surface area contributed by atoms with Crippen LogP contribution in [0.1, 0.15) is 27.0 Å². The summed E-state index contributed by atoms with van der Waals surface area (Å²) in [4.78, 5) is 12.6. The normalized spacial score (nSPS) is 10.4. The first kappa shape index (κ1) is 19.3. The highest BCUT2D eigenvalue weighted by atomic mass is 16.5. The maximum Gasteiger partial charge on any atom is 0.255 e. The lowest BCUT2D eigenvalue weighted by molar-refractivity contribution is 0.102. The van der Waals surface area contributed by atoms with Gasteiger partial charge in [-0.2, -0.15) is 0 Å². The first-order valence-corrected chi connectivity index (χ1v) is 9.05. The van der Waals surface area contributed by atoms with Crippen molar-refractivity contribution in [2.45, 2.75) is 20.4 Å². The van der Waals surface area contributed by atoms with Gasteiger partial charge in [0.15, 0.2) is 0 Å². The van der Waals surface area contributed by atoms with Gasteiger partial charge in [-0.15, -0.1) is 0 Å². The number of amides is 1. The zero-order valence-corrected chi connectivity index (χ0v) is 16.2. The molecular weight excluding hydrogens is 352 g/mol. The third kappa shape index (κ3) is 4.43. The Morgan fingerprint density at radius 3 is 2.18 bits per heavy atom. The van der Waals surface area contributed by atoms with E-state index in [1.54, 1.807) is 31.4 Å². The highest BCUT2D eigenvalue weighted by Crippen LogP contribution is 2.26. The highest BCUT2D eigenvalue weighted by molar-refractivity contribution is 6.05. The van der Waals surface area contributed by atoms with Gasteiger partial charge in [0.1, 0.15) is 11.5 Å². The predicted molar refractivity (Wildman–Crippen MR) is 112 cm³/mol. The van der Waals surface area contributed by atoms with E-state index in [0.717, 1.165) is 22.4 Å². The number of hydrogen-bond donors (Lipinski definition) is 3. The smallest absolute Gasteiger partial charge is 0.255 e. The van der Waals surface area contributed by atoms with Gasteiger partial charge in [0.25, 0.3) is 5.91 Å². The molecule has 3 rings (SSSR count). The van der Waals surface area contributed by atoms with Crippen molar-refractivity contribution in [3.8, 4) is 11.5 Å². The molecule has 0 saturated heterocycles. The molecule has 0 aliphatic heterocycles. The van der Waals surface area contributed by atoms with Gasteiger partial charge in [-0.25, -0.2) is 0 Å². The second-order valence-corrected chi connectivity index (χ2v) is 6.66. The van der Waals surface area contributed by atoms with Crippen LogP contribution < -0.4 is 15.4 Å². The van der Waals surface area contributed by atoms with Gasteiger partial charge in [-0.3, -0.25) is 4.79 Å². The molecule has 3 aromatic carbocycles. The lowest BCUT2D eigenvalue weighted by atomic mass is 10.1. The van der Waals surface area contributed by atoms with Gasteiger partial charge < -0.3 is 20.5 Å². The van der Waals surface area contributed by atoms with Crippen LogP contribution in [0.5, 0.6) is 11.5 Å². The number of aromatic hydroxyl groups is 1. The fourth-order valence-electron chi connectivity index (χ4n) is 3.03. The summed E-state index contributed by atoms with van der Waals surface area (Å²) >= 11 is 0. The number of aryl methyl sites for hydroxylation is 2. The Kier molecular flexibility index (Phi) is 5.84. The molecule has 3 aromatic rings. The molecule has 0 aromatic heterocycles. The number of nitrogens with one attached hydrogen (secondary N) is 2. The van der Waals surface area contributed by atoms with Gasteiger partial charge in [-0.05, 0) is 66.9 Å². The molecule has 0 fully saturated rings. The molecule has 0 unspecified atom stereocenters. The maximum absolute atomic E-state index is 12.6. The van der Waals surface area contributed by atoms with Crippen molar-refractivity contribution in [2.75, 3.05) is 17.7 Å². The molecule has 144 valence electrons. The lowest BCUT2D eigenvalue weighted by Gasteiger charge is -2.14. The molecule has 0 saturated carbocycles. The molecule has 1 amide bonds. The summed E-state index contributed by atoms with van der Waals surface area (Å²) in [6.07, 6.45) is 0. The molecule has 0 atom stereocenters. The van der Waals surface area contributed by atoms with Crippen LogP contribution >= 0.6 is 0 Å². The first-order chi connectivity index (χ1) is 13.5. The van der Waals surface area contributed by atoms with Crippen molar-refractivity contribution >= 4 is 17.3 Å². The van der Waals surface area contributed by atoms with E-state index in [4.69, 9.17) is 4.74 Å². The number of anilines is 2. The number of benzene rings is 3. The molecule has 0 aliphatic carbocycles. The molecule has 0 aliphatic rings. The molecule has 5 nitrogen and oxygen atoms in total. The summed E-state index contributed by atoms with van der Waals surface area (Å²) in [5, 5.41) is 16.2. The number of hydrogen-bond acceptors (Lipinski definition) is 4. The van der Waals surface area contributed by atoms with Gasteiger partial charge in [0, 0.05) is 12.1 Å². The van der Waals surface area contributed by atoms with Gasteiger partial charge in [-0.1, -0.05) is 24.3 Å². The SMILES string of the molecule is COc1ccc(C(=O)Nc2ccccc2NCc2cc(C)c(O)c(C)c2)cc1. The van der Waals surface area contributed by atoms with Crippen molar-refractivity contribution in [1.82, 2.24) is 0 Å². The Bertz CT molecular complexity index is 958. The average Bonchev–Trinajstić information content (AvgIpc) is 2.71. The number of carbonyl (C=O) groups is 1. The van der Waals surface area contributed by atoms with Gasteiger partial charge in [0.2, 0.25) is 0 Å². The fraction of sp³-hybridized carbons (Fsp3) is 0.174. The first-order valence-electron chi connectivity index (χ1n) is 9.05. The number of carbonyl (C=O) groups excluding carboxylic acids is 1. The molecule has 0 heterocycles. The number of ether oxygens (including phenoxy) is 1. The molecule has 3 N–H and O–H groups in total. The number of para-hydroxylation sites is 2. The minimum Gasteiger partial charge on any atom is -0.507 e. The minimum absolute atomic E-state index is 0.187. The molecule has 0 radical (unpaired) electrons. The van der Waals surface area contributed by atoms with E-state index in [-0.39, 0.29) is 5.91 Å². The second kappa shape index (κ2) is 8.48. The van der Waals surface area contributed by atoms with Crippen LogP contribution in [0.3, 0.4) is 0 Å². The summed E-state index contributed by atoms with van der Waals surface area (Å²) in [7, 11) is 1.59. The molecular formula is C23H24N2O3. The van der Waals surface area contributed by atoms with E-state index in [1.807, 2.05) is 50.2 Å². The third-order valence-corrected chi connectivity index (χ3v) is 4.56. The molecule has 28 heavy (non-hydrogen) atoms. The van der Waals surface area contributed by atoms with Crippen LogP contribution in [0.2, 0.25) is 0 Å². The summed E-state index contributed by atoms with van der Waals surface area (Å²) < 4.78 is 5.13. The third-order valence-electron chi connectivity index (χ3n) is 4.56. The topological polar surface area (TPSA) is 70.6 Å². The average molecular weight is 376 g/mol. The summed E-state index contributed by atoms with van der Waals surface area (Å²) in [5.41, 5.74) is 4.84. The zero-order chi connectivity index (χ0) is 20.1. The van der Waals surface area contributed by atoms with Crippen LogP contribution in [-0.2, 0) is 6.54 Å². The Balaban J connectivity index is 1.73. The maximum atomic E-state index is 12.6. The highest BCUT2D eigenvalue weighted by Gasteiger charge is 2.10. The van der Waals surface area contributed by atoms with Gasteiger partial charge >= 0.3 is 0 Å². The number of methoxy groups -OCH3 is 1. The zero-order valence-electron chi connectivity index (χ0n) is 16.2. The summed E-state index contributed by atoms with van der Waals surface area (Å²) in [6.45, 7) is 4.35. The second-order valence-electron chi connectivity index (χ2n) is 6.66. The van der Waals surface area contributed by atoms with Crippen LogP contribution in [0.4, 0.5) is 11.4 Å². The van der Waals surface area contributed by atoms with Crippen LogP contribution in [-0.4, -0.2) is 18.1 Å². The van der Waals surface area contributed by atoms with Crippen LogP contribution in [0.25, 0.3) is 0 Å². The van der Waals surface area contributed by atoms with E-state index < -0.39 is 0 Å². The van der Waals surface area contributed by atoms with Crippen molar-refractivity contribution in [3.63, 3.8) is 0 Å². The Morgan fingerprint density at radius 1 is 0.964 bits per heavy atom. The van der Waals surface area contributed by atoms with Crippen molar-refractivity contribution in [2.24, 2.45) is 0 Å². The van der Waals surface area contributed by atoms with Crippen LogP contribution in [0.15, 0.2) is 60.7 Å². The van der Waals surface area contributed by atoms with Crippen molar-refractivity contribution < 1.29 is 14.6 Å². The summed E-state index contributed by atoms with van der Waals surface area (Å²) in [5.74, 6) is 0.849. The predicted octanol–water partition coefficient (Wildman–Crippen LogP) is 4.88. The largest absolute Gasteiger partial charge is 0.507 e. The fourth-order valence-corrected chi connectivity index (χ4v) is 3.03. The van der Waals surface area contributed by atoms with Crippen molar-refractivity contribution in [1.29, 1.82) is 0 Å². The molecule has 0 spiro atoms. The Hall–Kier alpha value is -3.47. The quantitative estimate of drug-likeness (QED) is 0.573. The van der Waals surface area contributed by atoms with E-state index in [1.165, 1.54) is 0 Å². The monoisotopic (exact) mass is 376 g/mol. The minimum atomic E-state index is -0.187. The summed E-state index contributed by atoms with van der Waals surface area (Å²) in [6, 6.07) is 18.5. The van der Waals surface area contributed by atoms with E-state index in [0.29, 0.717) is 29.3 Å². The lowest BCUT2D eigenvalue weighted by Crippen LogP contribution is -2.13. The Morgan fingerprint density at radius 2 is 1.57 bits per heavy atom. The van der Waals surface area contributed by atoms with Crippen LogP contribution in [0, 0.1) is 13.8 Å². The molecule has 5 heteroatoms. The standard InChI is InChI=1S/C23H24N2O3/c1-15-12-17(13-16(2)22(15)26)14-24-20-6-4-5-7-21(20)25-23(27)18-8-10-19(28-3)11-9-18/h4-13,24,26H,14H2,1-3H3,(H,25,27). The number of phenolic OH excluding ortho intramolecular Hbond substituents is 1. The van der Waals surface area contributed by atoms with E-state index in [9.17, 15) is 9.90 Å². The van der Waals surface area contributed by atoms with E-state index >= 15 is 0 Å². The van der Waals surface area contributed by atoms with E-state index in [2.05, 4.69) is 10.6 Å². The Labute approximate surface area is 165 Å². The van der Waals surface area contributed by atoms with Gasteiger partial charge in [0.05, 0.1) is 18.5 Å². The molecule has 0 bridgehead atoms. The van der Waals surface area contributed by atoms with Crippen molar-refractivity contribution in [3.05, 3.63) is 82.9 Å². The number of phenols is 1.